The predicted molar refractivity (Wildman–Crippen MR) is 77.1 cm³/mol. The molecule has 0 bridgehead atoms. The van der Waals surface area contributed by atoms with E-state index in [0.717, 1.165) is 25.1 Å². The van der Waals surface area contributed by atoms with Crippen LogP contribution < -0.4 is 10.6 Å². The van der Waals surface area contributed by atoms with Crippen molar-refractivity contribution < 1.29 is 19.8 Å². The Morgan fingerprint density at radius 1 is 1.38 bits per heavy atom. The van der Waals surface area contributed by atoms with Gasteiger partial charge in [0.2, 0.25) is 0 Å². The van der Waals surface area contributed by atoms with Crippen molar-refractivity contribution in [3.8, 4) is 0 Å². The third-order valence-corrected chi connectivity index (χ3v) is 3.52. The second kappa shape index (κ2) is 6.24. The number of fused-ring (bicyclic) bond motifs is 1. The molecule has 0 fully saturated rings. The average Bonchev–Trinajstić information content (AvgIpc) is 2.43. The second-order valence-corrected chi connectivity index (χ2v) is 5.66. The van der Waals surface area contributed by atoms with Crippen LogP contribution in [0, 0.1) is 0 Å². The van der Waals surface area contributed by atoms with E-state index in [2.05, 4.69) is 10.6 Å². The first kappa shape index (κ1) is 15.5. The summed E-state index contributed by atoms with van der Waals surface area (Å²) in [6.07, 6.45) is 0.534. The Balaban J connectivity index is 1.99. The van der Waals surface area contributed by atoms with Gasteiger partial charge < -0.3 is 20.8 Å². The van der Waals surface area contributed by atoms with Crippen LogP contribution in [-0.2, 0) is 17.8 Å². The number of hydrogen-bond acceptors (Lipinski definition) is 4. The van der Waals surface area contributed by atoms with E-state index in [1.54, 1.807) is 6.07 Å². The van der Waals surface area contributed by atoms with Gasteiger partial charge in [-0.2, -0.15) is 0 Å². The Kier molecular flexibility index (Phi) is 4.59. The van der Waals surface area contributed by atoms with Crippen molar-refractivity contribution in [1.82, 2.24) is 10.6 Å². The zero-order chi connectivity index (χ0) is 15.5. The average molecular weight is 292 g/mol. The molecule has 0 aromatic heterocycles. The lowest BCUT2D eigenvalue weighted by atomic mass is 9.98. The fourth-order valence-corrected chi connectivity index (χ4v) is 2.38. The van der Waals surface area contributed by atoms with Crippen molar-refractivity contribution in [2.45, 2.75) is 31.9 Å². The molecule has 0 aliphatic carbocycles. The number of carbonyl (C=O) groups excluding carboxylic acids is 1. The molecule has 4 N–H and O–H groups in total. The lowest BCUT2D eigenvalue weighted by Gasteiger charge is -2.22. The SMILES string of the molecule is CC(O)(CNC(=O)c1ccc2c(c1)CNCC2)CC(=O)O. The van der Waals surface area contributed by atoms with Crippen LogP contribution in [0.2, 0.25) is 0 Å². The van der Waals surface area contributed by atoms with Crippen molar-refractivity contribution in [3.63, 3.8) is 0 Å². The van der Waals surface area contributed by atoms with Gasteiger partial charge in [-0.25, -0.2) is 0 Å². The molecule has 1 heterocycles. The highest BCUT2D eigenvalue weighted by atomic mass is 16.4. The maximum atomic E-state index is 12.1. The molecule has 114 valence electrons. The monoisotopic (exact) mass is 292 g/mol. The van der Waals surface area contributed by atoms with Crippen molar-refractivity contribution >= 4 is 11.9 Å². The minimum Gasteiger partial charge on any atom is -0.481 e. The number of carboxylic acid groups (broad SMARTS) is 1. The van der Waals surface area contributed by atoms with Gasteiger partial charge in [0.25, 0.3) is 5.91 Å². The van der Waals surface area contributed by atoms with Crippen LogP contribution in [0.4, 0.5) is 0 Å². The number of benzene rings is 1. The molecular formula is C15H20N2O4. The zero-order valence-electron chi connectivity index (χ0n) is 12.0. The van der Waals surface area contributed by atoms with E-state index < -0.39 is 18.0 Å². The maximum Gasteiger partial charge on any atom is 0.306 e. The van der Waals surface area contributed by atoms with Gasteiger partial charge >= 0.3 is 5.97 Å². The van der Waals surface area contributed by atoms with Gasteiger partial charge in [-0.1, -0.05) is 6.07 Å². The molecule has 1 aliphatic heterocycles. The Labute approximate surface area is 123 Å². The van der Waals surface area contributed by atoms with Gasteiger partial charge in [0, 0.05) is 18.7 Å². The molecule has 1 aromatic carbocycles. The number of aliphatic carboxylic acids is 1. The third kappa shape index (κ3) is 4.27. The molecule has 0 saturated heterocycles. The van der Waals surface area contributed by atoms with Crippen molar-refractivity contribution in [2.24, 2.45) is 0 Å². The van der Waals surface area contributed by atoms with Crippen LogP contribution >= 0.6 is 0 Å². The summed E-state index contributed by atoms with van der Waals surface area (Å²) >= 11 is 0. The van der Waals surface area contributed by atoms with E-state index in [9.17, 15) is 14.7 Å². The summed E-state index contributed by atoms with van der Waals surface area (Å²) in [6, 6.07) is 5.54. The summed E-state index contributed by atoms with van der Waals surface area (Å²) < 4.78 is 0. The molecule has 1 atom stereocenters. The fraction of sp³-hybridized carbons (Fsp3) is 0.467. The number of aliphatic hydroxyl groups is 1. The van der Waals surface area contributed by atoms with Crippen LogP contribution in [-0.4, -0.2) is 40.8 Å². The summed E-state index contributed by atoms with van der Waals surface area (Å²) in [6.45, 7) is 2.97. The van der Waals surface area contributed by atoms with Gasteiger partial charge in [0.15, 0.2) is 0 Å². The summed E-state index contributed by atoms with van der Waals surface area (Å²) in [7, 11) is 0. The minimum absolute atomic E-state index is 0.104. The molecule has 0 spiro atoms. The van der Waals surface area contributed by atoms with Crippen LogP contribution in [0.25, 0.3) is 0 Å². The predicted octanol–water partition coefficient (Wildman–Crippen LogP) is 0.288. The number of nitrogens with one attached hydrogen (secondary N) is 2. The first-order chi connectivity index (χ1) is 9.87. The van der Waals surface area contributed by atoms with Gasteiger partial charge in [-0.3, -0.25) is 9.59 Å². The molecule has 6 nitrogen and oxygen atoms in total. The molecular weight excluding hydrogens is 272 g/mol. The molecule has 1 aliphatic rings. The van der Waals surface area contributed by atoms with Gasteiger partial charge in [-0.05, 0) is 43.1 Å². The Morgan fingerprint density at radius 3 is 2.86 bits per heavy atom. The van der Waals surface area contributed by atoms with Gasteiger partial charge in [-0.15, -0.1) is 0 Å². The van der Waals surface area contributed by atoms with E-state index in [1.807, 2.05) is 12.1 Å². The van der Waals surface area contributed by atoms with Crippen LogP contribution in [0.3, 0.4) is 0 Å². The van der Waals surface area contributed by atoms with Crippen LogP contribution in [0.15, 0.2) is 18.2 Å². The Bertz CT molecular complexity index is 555. The fourth-order valence-electron chi connectivity index (χ4n) is 2.38. The maximum absolute atomic E-state index is 12.1. The summed E-state index contributed by atoms with van der Waals surface area (Å²) in [5, 5.41) is 24.4. The number of carboxylic acids is 1. The Morgan fingerprint density at radius 2 is 2.14 bits per heavy atom. The van der Waals surface area contributed by atoms with Crippen LogP contribution in [0.1, 0.15) is 34.8 Å². The normalized spacial score (nSPS) is 16.7. The number of carbonyl (C=O) groups is 2. The summed E-state index contributed by atoms with van der Waals surface area (Å²) in [4.78, 5) is 22.7. The lowest BCUT2D eigenvalue weighted by Crippen LogP contribution is -2.42. The van der Waals surface area contributed by atoms with Crippen LogP contribution in [0.5, 0.6) is 0 Å². The lowest BCUT2D eigenvalue weighted by molar-refractivity contribution is -0.141. The molecule has 1 amide bonds. The highest BCUT2D eigenvalue weighted by Gasteiger charge is 2.25. The molecule has 1 unspecified atom stereocenters. The molecule has 1 aromatic rings. The highest BCUT2D eigenvalue weighted by Crippen LogP contribution is 2.16. The summed E-state index contributed by atoms with van der Waals surface area (Å²) in [5.41, 5.74) is 1.40. The van der Waals surface area contributed by atoms with Crippen molar-refractivity contribution in [2.75, 3.05) is 13.1 Å². The van der Waals surface area contributed by atoms with E-state index in [1.165, 1.54) is 12.5 Å². The summed E-state index contributed by atoms with van der Waals surface area (Å²) in [5.74, 6) is -1.41. The smallest absolute Gasteiger partial charge is 0.306 e. The van der Waals surface area contributed by atoms with E-state index >= 15 is 0 Å². The standard InChI is InChI=1S/C15H20N2O4/c1-15(21,7-13(18)19)9-17-14(20)11-3-2-10-4-5-16-8-12(10)6-11/h2-3,6,16,21H,4-5,7-9H2,1H3,(H,17,20)(H,18,19). The van der Waals surface area contributed by atoms with Crippen molar-refractivity contribution in [3.05, 3.63) is 34.9 Å². The zero-order valence-corrected chi connectivity index (χ0v) is 12.0. The largest absolute Gasteiger partial charge is 0.481 e. The van der Waals surface area contributed by atoms with E-state index in [0.29, 0.717) is 5.56 Å². The molecule has 0 saturated carbocycles. The second-order valence-electron chi connectivity index (χ2n) is 5.66. The van der Waals surface area contributed by atoms with Gasteiger partial charge in [0.05, 0.1) is 12.0 Å². The van der Waals surface area contributed by atoms with E-state index in [4.69, 9.17) is 5.11 Å². The first-order valence-electron chi connectivity index (χ1n) is 6.92. The topological polar surface area (TPSA) is 98.7 Å². The molecule has 21 heavy (non-hydrogen) atoms. The molecule has 6 heteroatoms. The molecule has 0 radical (unpaired) electrons. The molecule has 2 rings (SSSR count). The third-order valence-electron chi connectivity index (χ3n) is 3.52. The quantitative estimate of drug-likeness (QED) is 0.625. The Hall–Kier alpha value is -1.92. The number of hydrogen-bond donors (Lipinski definition) is 4. The minimum atomic E-state index is -1.46. The van der Waals surface area contributed by atoms with Gasteiger partial charge in [0.1, 0.15) is 0 Å². The number of amides is 1. The van der Waals surface area contributed by atoms with Crippen molar-refractivity contribution in [1.29, 1.82) is 0 Å². The number of rotatable bonds is 5. The van der Waals surface area contributed by atoms with E-state index in [-0.39, 0.29) is 12.5 Å². The highest BCUT2D eigenvalue weighted by molar-refractivity contribution is 5.94. The first-order valence-corrected chi connectivity index (χ1v) is 6.92.